The summed E-state index contributed by atoms with van der Waals surface area (Å²) in [7, 11) is 4.82. The summed E-state index contributed by atoms with van der Waals surface area (Å²) >= 11 is 0. The molecule has 1 aromatic heterocycles. The van der Waals surface area contributed by atoms with Crippen LogP contribution in [0, 0.1) is 0 Å². The molecule has 16 heavy (non-hydrogen) atoms. The lowest BCUT2D eigenvalue weighted by atomic mass is 10.1. The van der Waals surface area contributed by atoms with Crippen LogP contribution in [0.3, 0.4) is 0 Å². The van der Waals surface area contributed by atoms with E-state index in [9.17, 15) is 4.79 Å². The summed E-state index contributed by atoms with van der Waals surface area (Å²) < 4.78 is 11.8. The maximum absolute atomic E-state index is 11.6. The fourth-order valence-corrected chi connectivity index (χ4v) is 1.73. The van der Waals surface area contributed by atoms with E-state index in [-0.39, 0.29) is 5.97 Å². The summed E-state index contributed by atoms with van der Waals surface area (Å²) in [5, 5.41) is 1.03. The second-order valence-corrected chi connectivity index (χ2v) is 3.53. The quantitative estimate of drug-likeness (QED) is 0.725. The van der Waals surface area contributed by atoms with Crippen molar-refractivity contribution in [3.8, 4) is 5.75 Å². The van der Waals surface area contributed by atoms with E-state index in [0.717, 1.165) is 10.9 Å². The molecule has 0 spiro atoms. The van der Waals surface area contributed by atoms with E-state index in [0.29, 0.717) is 11.3 Å². The third-order valence-electron chi connectivity index (χ3n) is 2.61. The minimum absolute atomic E-state index is 0.389. The van der Waals surface area contributed by atoms with Gasteiger partial charge < -0.3 is 14.0 Å². The first kappa shape index (κ1) is 10.5. The van der Waals surface area contributed by atoms with Gasteiger partial charge in [0.05, 0.1) is 14.2 Å². The van der Waals surface area contributed by atoms with E-state index in [4.69, 9.17) is 9.47 Å². The Bertz CT molecular complexity index is 542. The molecule has 84 valence electrons. The molecule has 0 bridgehead atoms. The highest BCUT2D eigenvalue weighted by atomic mass is 16.5. The van der Waals surface area contributed by atoms with Crippen molar-refractivity contribution < 1.29 is 14.3 Å². The maximum atomic E-state index is 11.6. The van der Waals surface area contributed by atoms with Crippen LogP contribution in [0.1, 0.15) is 10.4 Å². The predicted octanol–water partition coefficient (Wildman–Crippen LogP) is 1.97. The fourth-order valence-electron chi connectivity index (χ4n) is 1.73. The normalized spacial score (nSPS) is 10.4. The standard InChI is InChI=1S/C12H13NO3/c1-13-5-4-8-6-11(15-2)9(7-10(8)13)12(14)16-3/h4-7H,1-3H3. The van der Waals surface area contributed by atoms with Crippen LogP contribution in [-0.2, 0) is 11.8 Å². The molecule has 0 radical (unpaired) electrons. The Hall–Kier alpha value is -1.97. The van der Waals surface area contributed by atoms with Crippen LogP contribution in [0.4, 0.5) is 0 Å². The summed E-state index contributed by atoms with van der Waals surface area (Å²) in [6.45, 7) is 0. The average molecular weight is 219 g/mol. The van der Waals surface area contributed by atoms with Gasteiger partial charge in [-0.3, -0.25) is 0 Å². The smallest absolute Gasteiger partial charge is 0.341 e. The second-order valence-electron chi connectivity index (χ2n) is 3.53. The van der Waals surface area contributed by atoms with Gasteiger partial charge in [-0.2, -0.15) is 0 Å². The first-order valence-electron chi connectivity index (χ1n) is 4.88. The van der Waals surface area contributed by atoms with E-state index in [1.807, 2.05) is 29.9 Å². The van der Waals surface area contributed by atoms with Crippen molar-refractivity contribution in [1.82, 2.24) is 4.57 Å². The highest BCUT2D eigenvalue weighted by molar-refractivity contribution is 5.98. The first-order chi connectivity index (χ1) is 7.67. The number of rotatable bonds is 2. The topological polar surface area (TPSA) is 40.5 Å². The van der Waals surface area contributed by atoms with Crippen molar-refractivity contribution in [1.29, 1.82) is 0 Å². The van der Waals surface area contributed by atoms with Crippen LogP contribution in [-0.4, -0.2) is 24.8 Å². The van der Waals surface area contributed by atoms with E-state index in [1.54, 1.807) is 6.07 Å². The zero-order chi connectivity index (χ0) is 11.7. The maximum Gasteiger partial charge on any atom is 0.341 e. The van der Waals surface area contributed by atoms with Crippen molar-refractivity contribution in [2.45, 2.75) is 0 Å². The lowest BCUT2D eigenvalue weighted by Gasteiger charge is -2.07. The van der Waals surface area contributed by atoms with Crippen LogP contribution in [0.15, 0.2) is 24.4 Å². The second kappa shape index (κ2) is 3.89. The Kier molecular flexibility index (Phi) is 2.56. The van der Waals surface area contributed by atoms with Crippen LogP contribution in [0.2, 0.25) is 0 Å². The molecular formula is C12H13NO3. The molecule has 0 saturated heterocycles. The van der Waals surface area contributed by atoms with Gasteiger partial charge in [0.15, 0.2) is 0 Å². The van der Waals surface area contributed by atoms with Gasteiger partial charge in [-0.25, -0.2) is 4.79 Å². The summed E-state index contributed by atoms with van der Waals surface area (Å²) in [5.74, 6) is 0.144. The van der Waals surface area contributed by atoms with E-state index < -0.39 is 0 Å². The summed E-state index contributed by atoms with van der Waals surface area (Å²) in [6.07, 6.45) is 1.94. The number of methoxy groups -OCH3 is 2. The molecule has 0 fully saturated rings. The largest absolute Gasteiger partial charge is 0.496 e. The zero-order valence-electron chi connectivity index (χ0n) is 9.48. The van der Waals surface area contributed by atoms with Gasteiger partial charge in [0, 0.05) is 24.1 Å². The van der Waals surface area contributed by atoms with Gasteiger partial charge in [-0.05, 0) is 18.2 Å². The fraction of sp³-hybridized carbons (Fsp3) is 0.250. The van der Waals surface area contributed by atoms with Crippen LogP contribution in [0.25, 0.3) is 10.9 Å². The number of fused-ring (bicyclic) bond motifs is 1. The molecule has 4 nitrogen and oxygen atoms in total. The lowest BCUT2D eigenvalue weighted by molar-refractivity contribution is 0.0597. The molecule has 0 N–H and O–H groups in total. The third kappa shape index (κ3) is 1.52. The lowest BCUT2D eigenvalue weighted by Crippen LogP contribution is -2.04. The molecule has 0 unspecified atom stereocenters. The van der Waals surface area contributed by atoms with Crippen LogP contribution >= 0.6 is 0 Å². The molecule has 1 heterocycles. The number of aromatic nitrogens is 1. The van der Waals surface area contributed by atoms with Gasteiger partial charge in [0.2, 0.25) is 0 Å². The molecule has 0 aliphatic carbocycles. The summed E-state index contributed by atoms with van der Waals surface area (Å²) in [5.41, 5.74) is 1.42. The van der Waals surface area contributed by atoms with Gasteiger partial charge in [-0.15, -0.1) is 0 Å². The first-order valence-corrected chi connectivity index (χ1v) is 4.88. The zero-order valence-corrected chi connectivity index (χ0v) is 9.48. The van der Waals surface area contributed by atoms with Crippen molar-refractivity contribution in [2.24, 2.45) is 7.05 Å². The number of hydrogen-bond acceptors (Lipinski definition) is 3. The molecule has 2 aromatic rings. The summed E-state index contributed by atoms with van der Waals surface area (Å²) in [4.78, 5) is 11.6. The van der Waals surface area contributed by atoms with Crippen molar-refractivity contribution in [2.75, 3.05) is 14.2 Å². The number of carbonyl (C=O) groups is 1. The molecule has 0 aliphatic heterocycles. The average Bonchev–Trinajstić information content (AvgIpc) is 2.68. The number of hydrogen-bond donors (Lipinski definition) is 0. The Morgan fingerprint density at radius 1 is 1.31 bits per heavy atom. The summed E-state index contributed by atoms with van der Waals surface area (Å²) in [6, 6.07) is 5.58. The number of aryl methyl sites for hydroxylation is 1. The van der Waals surface area contributed by atoms with Crippen LogP contribution in [0.5, 0.6) is 5.75 Å². The minimum atomic E-state index is -0.389. The van der Waals surface area contributed by atoms with E-state index >= 15 is 0 Å². The number of carbonyl (C=O) groups excluding carboxylic acids is 1. The predicted molar refractivity (Wildman–Crippen MR) is 60.8 cm³/mol. The van der Waals surface area contributed by atoms with Gasteiger partial charge in [-0.1, -0.05) is 0 Å². The van der Waals surface area contributed by atoms with E-state index in [2.05, 4.69) is 0 Å². The highest BCUT2D eigenvalue weighted by Gasteiger charge is 2.14. The Morgan fingerprint density at radius 3 is 2.69 bits per heavy atom. The van der Waals surface area contributed by atoms with Gasteiger partial charge in [0.25, 0.3) is 0 Å². The highest BCUT2D eigenvalue weighted by Crippen LogP contribution is 2.26. The van der Waals surface area contributed by atoms with Crippen molar-refractivity contribution >= 4 is 16.9 Å². The molecule has 0 aliphatic rings. The SMILES string of the molecule is COC(=O)c1cc2c(ccn2C)cc1OC. The molecule has 4 heteroatoms. The molecule has 2 rings (SSSR count). The minimum Gasteiger partial charge on any atom is -0.496 e. The number of benzene rings is 1. The number of ether oxygens (including phenoxy) is 2. The van der Waals surface area contributed by atoms with Gasteiger partial charge in [0.1, 0.15) is 11.3 Å². The third-order valence-corrected chi connectivity index (χ3v) is 2.61. The molecule has 0 saturated carbocycles. The van der Waals surface area contributed by atoms with Gasteiger partial charge >= 0.3 is 5.97 Å². The number of nitrogens with zero attached hydrogens (tertiary/aromatic N) is 1. The Balaban J connectivity index is 2.69. The Labute approximate surface area is 93.4 Å². The van der Waals surface area contributed by atoms with Crippen LogP contribution < -0.4 is 4.74 Å². The van der Waals surface area contributed by atoms with E-state index in [1.165, 1.54) is 14.2 Å². The van der Waals surface area contributed by atoms with Crippen molar-refractivity contribution in [3.05, 3.63) is 30.0 Å². The Morgan fingerprint density at radius 2 is 2.06 bits per heavy atom. The molecule has 1 aromatic carbocycles. The monoisotopic (exact) mass is 219 g/mol. The molecule has 0 atom stereocenters. The molecular weight excluding hydrogens is 206 g/mol. The molecule has 0 amide bonds. The van der Waals surface area contributed by atoms with Crippen molar-refractivity contribution in [3.63, 3.8) is 0 Å². The number of esters is 1.